The monoisotopic (exact) mass is 175 g/mol. The average molecular weight is 175 g/mol. The Balaban J connectivity index is 3.69. The van der Waals surface area contributed by atoms with E-state index in [1.54, 1.807) is 0 Å². The SMILES string of the molecule is CCCSC(CC=O)C(N)=O. The van der Waals surface area contributed by atoms with Crippen LogP contribution in [-0.4, -0.2) is 23.2 Å². The molecule has 0 aromatic heterocycles. The lowest BCUT2D eigenvalue weighted by Gasteiger charge is -2.07. The normalized spacial score (nSPS) is 12.5. The second-order valence-corrected chi connectivity index (χ2v) is 3.47. The summed E-state index contributed by atoms with van der Waals surface area (Å²) in [5.41, 5.74) is 5.04. The molecular formula is C7H13NO2S. The van der Waals surface area contributed by atoms with Crippen LogP contribution in [0.2, 0.25) is 0 Å². The van der Waals surface area contributed by atoms with E-state index >= 15 is 0 Å². The van der Waals surface area contributed by atoms with Crippen molar-refractivity contribution in [3.8, 4) is 0 Å². The van der Waals surface area contributed by atoms with Gasteiger partial charge in [0.2, 0.25) is 5.91 Å². The van der Waals surface area contributed by atoms with E-state index in [-0.39, 0.29) is 11.7 Å². The molecule has 3 nitrogen and oxygen atoms in total. The summed E-state index contributed by atoms with van der Waals surface area (Å²) in [6.45, 7) is 2.02. The number of thioether (sulfide) groups is 1. The Labute approximate surface area is 70.7 Å². The van der Waals surface area contributed by atoms with Crippen LogP contribution >= 0.6 is 11.8 Å². The lowest BCUT2D eigenvalue weighted by atomic mass is 10.3. The van der Waals surface area contributed by atoms with Crippen molar-refractivity contribution < 1.29 is 9.59 Å². The van der Waals surface area contributed by atoms with E-state index < -0.39 is 5.91 Å². The van der Waals surface area contributed by atoms with E-state index in [1.165, 1.54) is 11.8 Å². The molecule has 4 heteroatoms. The van der Waals surface area contributed by atoms with Crippen molar-refractivity contribution >= 4 is 24.0 Å². The van der Waals surface area contributed by atoms with Gasteiger partial charge >= 0.3 is 0 Å². The van der Waals surface area contributed by atoms with E-state index in [2.05, 4.69) is 0 Å². The third kappa shape index (κ3) is 4.84. The fourth-order valence-electron chi connectivity index (χ4n) is 0.614. The minimum atomic E-state index is -0.393. The zero-order valence-corrected chi connectivity index (χ0v) is 7.39. The van der Waals surface area contributed by atoms with Gasteiger partial charge in [0.25, 0.3) is 0 Å². The van der Waals surface area contributed by atoms with Gasteiger partial charge < -0.3 is 10.5 Å². The fraction of sp³-hybridized carbons (Fsp3) is 0.714. The predicted molar refractivity (Wildman–Crippen MR) is 46.4 cm³/mol. The molecule has 0 aliphatic carbocycles. The molecule has 1 amide bonds. The van der Waals surface area contributed by atoms with Crippen LogP contribution in [0.15, 0.2) is 0 Å². The smallest absolute Gasteiger partial charge is 0.230 e. The zero-order chi connectivity index (χ0) is 8.69. The Kier molecular flexibility index (Phi) is 5.93. The van der Waals surface area contributed by atoms with Gasteiger partial charge in [-0.15, -0.1) is 11.8 Å². The zero-order valence-electron chi connectivity index (χ0n) is 6.58. The Bertz CT molecular complexity index is 138. The molecule has 0 rings (SSSR count). The number of rotatable bonds is 6. The van der Waals surface area contributed by atoms with E-state index in [4.69, 9.17) is 5.73 Å². The molecule has 0 fully saturated rings. The molecule has 2 N–H and O–H groups in total. The van der Waals surface area contributed by atoms with Crippen LogP contribution in [0.3, 0.4) is 0 Å². The Morgan fingerprint density at radius 1 is 1.73 bits per heavy atom. The highest BCUT2D eigenvalue weighted by Crippen LogP contribution is 2.13. The van der Waals surface area contributed by atoms with Crippen molar-refractivity contribution in [3.05, 3.63) is 0 Å². The molecule has 0 aliphatic rings. The summed E-state index contributed by atoms with van der Waals surface area (Å²) in [6.07, 6.45) is 1.96. The topological polar surface area (TPSA) is 60.2 Å². The Morgan fingerprint density at radius 3 is 2.73 bits per heavy atom. The van der Waals surface area contributed by atoms with Crippen molar-refractivity contribution in [2.75, 3.05) is 5.75 Å². The molecule has 0 aromatic carbocycles. The maximum atomic E-state index is 10.6. The summed E-state index contributed by atoms with van der Waals surface area (Å²) < 4.78 is 0. The Morgan fingerprint density at radius 2 is 2.36 bits per heavy atom. The van der Waals surface area contributed by atoms with Gasteiger partial charge in [0.05, 0.1) is 5.25 Å². The van der Waals surface area contributed by atoms with Crippen molar-refractivity contribution in [3.63, 3.8) is 0 Å². The minimum absolute atomic E-state index is 0.236. The van der Waals surface area contributed by atoms with Gasteiger partial charge in [-0.3, -0.25) is 4.79 Å². The van der Waals surface area contributed by atoms with Crippen molar-refractivity contribution in [1.29, 1.82) is 0 Å². The average Bonchev–Trinajstić information content (AvgIpc) is 1.97. The summed E-state index contributed by atoms with van der Waals surface area (Å²) in [5.74, 6) is 0.483. The third-order valence-electron chi connectivity index (χ3n) is 1.15. The first-order valence-corrected chi connectivity index (χ1v) is 4.61. The molecule has 0 saturated heterocycles. The number of hydrogen-bond acceptors (Lipinski definition) is 3. The molecule has 0 aromatic rings. The molecule has 0 aliphatic heterocycles. The molecule has 1 unspecified atom stereocenters. The van der Waals surface area contributed by atoms with Crippen LogP contribution < -0.4 is 5.73 Å². The number of amides is 1. The van der Waals surface area contributed by atoms with Crippen LogP contribution in [-0.2, 0) is 9.59 Å². The first-order chi connectivity index (χ1) is 5.22. The van der Waals surface area contributed by atoms with Gasteiger partial charge in [0.1, 0.15) is 6.29 Å². The quantitative estimate of drug-likeness (QED) is 0.600. The molecule has 0 heterocycles. The summed E-state index contributed by atoms with van der Waals surface area (Å²) >= 11 is 1.45. The molecule has 64 valence electrons. The highest BCUT2D eigenvalue weighted by molar-refractivity contribution is 8.00. The van der Waals surface area contributed by atoms with Crippen LogP contribution in [0, 0.1) is 0 Å². The van der Waals surface area contributed by atoms with Crippen LogP contribution in [0.5, 0.6) is 0 Å². The molecule has 0 radical (unpaired) electrons. The molecule has 11 heavy (non-hydrogen) atoms. The van der Waals surface area contributed by atoms with Gasteiger partial charge in [-0.2, -0.15) is 0 Å². The lowest BCUT2D eigenvalue weighted by molar-refractivity contribution is -0.119. The Hall–Kier alpha value is -0.510. The maximum absolute atomic E-state index is 10.6. The highest BCUT2D eigenvalue weighted by atomic mass is 32.2. The second-order valence-electron chi connectivity index (χ2n) is 2.16. The van der Waals surface area contributed by atoms with Crippen molar-refractivity contribution in [2.24, 2.45) is 5.73 Å². The van der Waals surface area contributed by atoms with Crippen molar-refractivity contribution in [2.45, 2.75) is 25.0 Å². The van der Waals surface area contributed by atoms with Gasteiger partial charge in [0, 0.05) is 6.42 Å². The molecule has 1 atom stereocenters. The van der Waals surface area contributed by atoms with Crippen LogP contribution in [0.4, 0.5) is 0 Å². The lowest BCUT2D eigenvalue weighted by Crippen LogP contribution is -2.26. The van der Waals surface area contributed by atoms with Crippen LogP contribution in [0.25, 0.3) is 0 Å². The molecule has 0 bridgehead atoms. The van der Waals surface area contributed by atoms with Crippen molar-refractivity contribution in [1.82, 2.24) is 0 Å². The van der Waals surface area contributed by atoms with Gasteiger partial charge in [-0.25, -0.2) is 0 Å². The number of primary amides is 1. The van der Waals surface area contributed by atoms with E-state index in [9.17, 15) is 9.59 Å². The number of carbonyl (C=O) groups is 2. The summed E-state index contributed by atoms with van der Waals surface area (Å²) in [5, 5.41) is -0.326. The first-order valence-electron chi connectivity index (χ1n) is 3.57. The standard InChI is InChI=1S/C7H13NO2S/c1-2-5-11-6(3-4-9)7(8)10/h4,6H,2-3,5H2,1H3,(H2,8,10). The molecule has 0 saturated carbocycles. The van der Waals surface area contributed by atoms with E-state index in [0.29, 0.717) is 0 Å². The van der Waals surface area contributed by atoms with Gasteiger partial charge in [0.15, 0.2) is 0 Å². The third-order valence-corrected chi connectivity index (χ3v) is 2.62. The summed E-state index contributed by atoms with van der Waals surface area (Å²) in [6, 6.07) is 0. The number of nitrogens with two attached hydrogens (primary N) is 1. The fourth-order valence-corrected chi connectivity index (χ4v) is 1.51. The number of carbonyl (C=O) groups excluding carboxylic acids is 2. The van der Waals surface area contributed by atoms with Crippen LogP contribution in [0.1, 0.15) is 19.8 Å². The summed E-state index contributed by atoms with van der Waals surface area (Å²) in [7, 11) is 0. The van der Waals surface area contributed by atoms with E-state index in [0.717, 1.165) is 18.5 Å². The van der Waals surface area contributed by atoms with Gasteiger partial charge in [-0.1, -0.05) is 6.92 Å². The second kappa shape index (κ2) is 6.22. The van der Waals surface area contributed by atoms with Gasteiger partial charge in [-0.05, 0) is 12.2 Å². The highest BCUT2D eigenvalue weighted by Gasteiger charge is 2.13. The number of aldehydes is 1. The minimum Gasteiger partial charge on any atom is -0.369 e. The number of hydrogen-bond donors (Lipinski definition) is 1. The molecule has 0 spiro atoms. The van der Waals surface area contributed by atoms with E-state index in [1.807, 2.05) is 6.92 Å². The largest absolute Gasteiger partial charge is 0.369 e. The maximum Gasteiger partial charge on any atom is 0.230 e. The first kappa shape index (κ1) is 10.5. The molecular weight excluding hydrogens is 162 g/mol. The summed E-state index contributed by atoms with van der Waals surface area (Å²) in [4.78, 5) is 20.7. The predicted octanol–water partition coefficient (Wildman–Crippen LogP) is 0.573.